The molecular weight excluding hydrogens is 255 g/mol. The number of carbonyl (C=O) groups is 1. The van der Waals surface area contributed by atoms with Crippen molar-refractivity contribution in [3.63, 3.8) is 0 Å². The van der Waals surface area contributed by atoms with Crippen molar-refractivity contribution < 1.29 is 9.18 Å². The second-order valence-electron chi connectivity index (χ2n) is 5.74. The van der Waals surface area contributed by atoms with Crippen molar-refractivity contribution in [2.75, 3.05) is 26.2 Å². The van der Waals surface area contributed by atoms with Crippen molar-refractivity contribution in [2.45, 2.75) is 31.7 Å². The predicted molar refractivity (Wildman–Crippen MR) is 75.8 cm³/mol. The van der Waals surface area contributed by atoms with Crippen LogP contribution in [0, 0.1) is 5.82 Å². The van der Waals surface area contributed by atoms with Gasteiger partial charge in [0, 0.05) is 19.5 Å². The van der Waals surface area contributed by atoms with Crippen LogP contribution >= 0.6 is 0 Å². The lowest BCUT2D eigenvalue weighted by atomic mass is 9.94. The SMILES string of the molecule is O=C(CCN1CCCC1)N1CC[C@H]1c1ccc(F)cc1. The Kier molecular flexibility index (Phi) is 4.01. The Bertz CT molecular complexity index is 468. The van der Waals surface area contributed by atoms with E-state index in [2.05, 4.69) is 4.90 Å². The molecular formula is C16H21FN2O. The molecule has 3 nitrogen and oxygen atoms in total. The van der Waals surface area contributed by atoms with Crippen LogP contribution in [0.5, 0.6) is 0 Å². The summed E-state index contributed by atoms with van der Waals surface area (Å²) in [6.07, 6.45) is 4.12. The van der Waals surface area contributed by atoms with Crippen LogP contribution in [0.25, 0.3) is 0 Å². The first-order valence-electron chi connectivity index (χ1n) is 7.51. The molecule has 2 heterocycles. The fraction of sp³-hybridized carbons (Fsp3) is 0.562. The Morgan fingerprint density at radius 3 is 2.45 bits per heavy atom. The summed E-state index contributed by atoms with van der Waals surface area (Å²) in [5.74, 6) is 0.0115. The van der Waals surface area contributed by atoms with Crippen LogP contribution in [0.3, 0.4) is 0 Å². The molecule has 0 aromatic heterocycles. The number of carbonyl (C=O) groups excluding carboxylic acids is 1. The van der Waals surface area contributed by atoms with Crippen molar-refractivity contribution in [2.24, 2.45) is 0 Å². The summed E-state index contributed by atoms with van der Waals surface area (Å²) in [5.41, 5.74) is 1.05. The van der Waals surface area contributed by atoms with Crippen molar-refractivity contribution >= 4 is 5.91 Å². The van der Waals surface area contributed by atoms with Gasteiger partial charge in [0.25, 0.3) is 0 Å². The molecule has 0 radical (unpaired) electrons. The van der Waals surface area contributed by atoms with Gasteiger partial charge in [0.2, 0.25) is 5.91 Å². The Morgan fingerprint density at radius 1 is 1.15 bits per heavy atom. The lowest BCUT2D eigenvalue weighted by Crippen LogP contribution is -2.46. The van der Waals surface area contributed by atoms with Gasteiger partial charge >= 0.3 is 0 Å². The van der Waals surface area contributed by atoms with Crippen LogP contribution in [-0.2, 0) is 4.79 Å². The minimum Gasteiger partial charge on any atom is -0.335 e. The number of hydrogen-bond donors (Lipinski definition) is 0. The molecule has 2 aliphatic heterocycles. The smallest absolute Gasteiger partial charge is 0.224 e. The standard InChI is InChI=1S/C16H21FN2O/c17-14-5-3-13(4-6-14)15-7-12-19(15)16(20)8-11-18-9-1-2-10-18/h3-6,15H,1-2,7-12H2/t15-/m0/s1. The zero-order valence-corrected chi connectivity index (χ0v) is 11.7. The van der Waals surface area contributed by atoms with E-state index in [0.29, 0.717) is 6.42 Å². The molecule has 20 heavy (non-hydrogen) atoms. The minimum atomic E-state index is -0.222. The predicted octanol–water partition coefficient (Wildman–Crippen LogP) is 2.59. The Morgan fingerprint density at radius 2 is 1.85 bits per heavy atom. The fourth-order valence-electron chi connectivity index (χ4n) is 3.12. The third-order valence-corrected chi connectivity index (χ3v) is 4.44. The molecule has 0 bridgehead atoms. The zero-order valence-electron chi connectivity index (χ0n) is 11.7. The van der Waals surface area contributed by atoms with Gasteiger partial charge in [-0.2, -0.15) is 0 Å². The number of likely N-dealkylation sites (tertiary alicyclic amines) is 2. The molecule has 4 heteroatoms. The van der Waals surface area contributed by atoms with Crippen molar-refractivity contribution in [1.82, 2.24) is 9.80 Å². The van der Waals surface area contributed by atoms with Crippen LogP contribution in [0.1, 0.15) is 37.3 Å². The quantitative estimate of drug-likeness (QED) is 0.844. The molecule has 1 atom stereocenters. The summed E-state index contributed by atoms with van der Waals surface area (Å²) < 4.78 is 12.9. The maximum Gasteiger partial charge on any atom is 0.224 e. The average Bonchev–Trinajstić information content (AvgIpc) is 2.91. The van der Waals surface area contributed by atoms with Gasteiger partial charge in [-0.3, -0.25) is 4.79 Å². The van der Waals surface area contributed by atoms with Gasteiger partial charge in [0.15, 0.2) is 0 Å². The van der Waals surface area contributed by atoms with Gasteiger partial charge in [-0.05, 0) is 50.0 Å². The molecule has 0 saturated carbocycles. The van der Waals surface area contributed by atoms with Gasteiger partial charge < -0.3 is 9.80 Å². The van der Waals surface area contributed by atoms with Crippen molar-refractivity contribution in [1.29, 1.82) is 0 Å². The van der Waals surface area contributed by atoms with E-state index >= 15 is 0 Å². The highest BCUT2D eigenvalue weighted by Crippen LogP contribution is 2.33. The van der Waals surface area contributed by atoms with E-state index in [1.807, 2.05) is 4.90 Å². The molecule has 0 N–H and O–H groups in total. The highest BCUT2D eigenvalue weighted by Gasteiger charge is 2.33. The highest BCUT2D eigenvalue weighted by molar-refractivity contribution is 5.77. The highest BCUT2D eigenvalue weighted by atomic mass is 19.1. The van der Waals surface area contributed by atoms with E-state index in [1.54, 1.807) is 12.1 Å². The molecule has 1 aromatic rings. The third kappa shape index (κ3) is 2.85. The molecule has 3 rings (SSSR count). The lowest BCUT2D eigenvalue weighted by Gasteiger charge is -2.41. The first-order valence-corrected chi connectivity index (χ1v) is 7.51. The summed E-state index contributed by atoms with van der Waals surface area (Å²) in [7, 11) is 0. The number of rotatable bonds is 4. The molecule has 0 unspecified atom stereocenters. The van der Waals surface area contributed by atoms with Gasteiger partial charge in [0.05, 0.1) is 6.04 Å². The van der Waals surface area contributed by atoms with E-state index in [4.69, 9.17) is 0 Å². The van der Waals surface area contributed by atoms with Gasteiger partial charge in [-0.25, -0.2) is 4.39 Å². The van der Waals surface area contributed by atoms with Crippen LogP contribution < -0.4 is 0 Å². The maximum absolute atomic E-state index is 12.9. The normalized spacial score (nSPS) is 22.9. The Labute approximate surface area is 119 Å². The monoisotopic (exact) mass is 276 g/mol. The Balaban J connectivity index is 1.54. The van der Waals surface area contributed by atoms with E-state index in [-0.39, 0.29) is 17.8 Å². The summed E-state index contributed by atoms with van der Waals surface area (Å²) in [6.45, 7) is 3.98. The molecule has 2 aliphatic rings. The molecule has 0 aliphatic carbocycles. The van der Waals surface area contributed by atoms with Crippen LogP contribution in [0.2, 0.25) is 0 Å². The van der Waals surface area contributed by atoms with Crippen molar-refractivity contribution in [3.8, 4) is 0 Å². The average molecular weight is 276 g/mol. The number of amides is 1. The number of benzene rings is 1. The third-order valence-electron chi connectivity index (χ3n) is 4.44. The first kappa shape index (κ1) is 13.6. The largest absolute Gasteiger partial charge is 0.335 e. The molecule has 1 amide bonds. The molecule has 2 saturated heterocycles. The van der Waals surface area contributed by atoms with Crippen LogP contribution in [0.15, 0.2) is 24.3 Å². The molecule has 0 spiro atoms. The fourth-order valence-corrected chi connectivity index (χ4v) is 3.12. The molecule has 1 aromatic carbocycles. The van der Waals surface area contributed by atoms with Gasteiger partial charge in [0.1, 0.15) is 5.82 Å². The maximum atomic E-state index is 12.9. The molecule has 108 valence electrons. The molecule has 2 fully saturated rings. The summed E-state index contributed by atoms with van der Waals surface area (Å²) in [4.78, 5) is 16.6. The first-order chi connectivity index (χ1) is 9.74. The van der Waals surface area contributed by atoms with Crippen LogP contribution in [0.4, 0.5) is 4.39 Å². The van der Waals surface area contributed by atoms with E-state index in [9.17, 15) is 9.18 Å². The van der Waals surface area contributed by atoms with Gasteiger partial charge in [-0.1, -0.05) is 12.1 Å². The van der Waals surface area contributed by atoms with E-state index < -0.39 is 0 Å². The van der Waals surface area contributed by atoms with Gasteiger partial charge in [-0.15, -0.1) is 0 Å². The van der Waals surface area contributed by atoms with Crippen LogP contribution in [-0.4, -0.2) is 41.9 Å². The lowest BCUT2D eigenvalue weighted by molar-refractivity contribution is -0.139. The topological polar surface area (TPSA) is 23.6 Å². The zero-order chi connectivity index (χ0) is 13.9. The second-order valence-corrected chi connectivity index (χ2v) is 5.74. The number of nitrogens with zero attached hydrogens (tertiary/aromatic N) is 2. The summed E-state index contributed by atoms with van der Waals surface area (Å²) in [5, 5.41) is 0. The summed E-state index contributed by atoms with van der Waals surface area (Å²) >= 11 is 0. The van der Waals surface area contributed by atoms with Crippen molar-refractivity contribution in [3.05, 3.63) is 35.6 Å². The van der Waals surface area contributed by atoms with E-state index in [0.717, 1.165) is 38.2 Å². The Hall–Kier alpha value is -1.42. The van der Waals surface area contributed by atoms with E-state index in [1.165, 1.54) is 25.0 Å². The minimum absolute atomic E-state index is 0.154. The number of halogens is 1. The second kappa shape index (κ2) is 5.92. The summed E-state index contributed by atoms with van der Waals surface area (Å²) in [6, 6.07) is 6.68. The number of hydrogen-bond acceptors (Lipinski definition) is 2.